The summed E-state index contributed by atoms with van der Waals surface area (Å²) in [6.45, 7) is 2.59. The number of carbonyl (C=O) groups excluding carboxylic acids is 1. The van der Waals surface area contributed by atoms with Gasteiger partial charge >= 0.3 is 0 Å². The highest BCUT2D eigenvalue weighted by Crippen LogP contribution is 2.19. The molecule has 126 valence electrons. The van der Waals surface area contributed by atoms with Crippen LogP contribution in [0.2, 0.25) is 0 Å². The van der Waals surface area contributed by atoms with Crippen molar-refractivity contribution in [3.8, 4) is 5.75 Å². The Bertz CT molecular complexity index is 664. The highest BCUT2D eigenvalue weighted by atomic mass is 16.5. The summed E-state index contributed by atoms with van der Waals surface area (Å²) in [6.07, 6.45) is 7.59. The zero-order valence-electron chi connectivity index (χ0n) is 13.8. The average molecular weight is 326 g/mol. The highest BCUT2D eigenvalue weighted by molar-refractivity contribution is 5.93. The molecule has 3 rings (SSSR count). The van der Waals surface area contributed by atoms with Crippen molar-refractivity contribution in [1.82, 2.24) is 15.3 Å². The number of nitrogens with one attached hydrogen (secondary N) is 2. The topological polar surface area (TPSA) is 76.1 Å². The second-order valence-electron chi connectivity index (χ2n) is 5.83. The highest BCUT2D eigenvalue weighted by Gasteiger charge is 2.18. The molecule has 1 aliphatic rings. The maximum Gasteiger partial charge on any atom is 0.254 e. The van der Waals surface area contributed by atoms with Gasteiger partial charge in [-0.05, 0) is 44.0 Å². The lowest BCUT2D eigenvalue weighted by Crippen LogP contribution is -2.32. The van der Waals surface area contributed by atoms with Gasteiger partial charge in [0, 0.05) is 24.1 Å². The van der Waals surface area contributed by atoms with Gasteiger partial charge in [0.15, 0.2) is 0 Å². The van der Waals surface area contributed by atoms with Crippen molar-refractivity contribution < 1.29 is 9.53 Å². The van der Waals surface area contributed by atoms with Crippen molar-refractivity contribution in [2.75, 3.05) is 11.9 Å². The number of amides is 1. The molecule has 6 nitrogen and oxygen atoms in total. The molecule has 1 heterocycles. The lowest BCUT2D eigenvalue weighted by atomic mass is 10.2. The van der Waals surface area contributed by atoms with Gasteiger partial charge in [0.2, 0.25) is 5.95 Å². The smallest absolute Gasteiger partial charge is 0.254 e. The van der Waals surface area contributed by atoms with Crippen LogP contribution in [0.15, 0.2) is 36.7 Å². The first-order chi connectivity index (χ1) is 11.7. The van der Waals surface area contributed by atoms with E-state index in [0.717, 1.165) is 24.3 Å². The second kappa shape index (κ2) is 7.77. The Kier molecular flexibility index (Phi) is 5.25. The van der Waals surface area contributed by atoms with Crippen LogP contribution < -0.4 is 15.4 Å². The van der Waals surface area contributed by atoms with Gasteiger partial charge in [-0.1, -0.05) is 12.8 Å². The van der Waals surface area contributed by atoms with E-state index in [4.69, 9.17) is 4.74 Å². The normalized spacial score (nSPS) is 14.4. The van der Waals surface area contributed by atoms with E-state index in [2.05, 4.69) is 20.6 Å². The number of nitrogens with zero attached hydrogens (tertiary/aromatic N) is 2. The molecule has 0 atom stereocenters. The third-order valence-electron chi connectivity index (χ3n) is 4.03. The number of rotatable bonds is 6. The Balaban J connectivity index is 1.58. The maximum atomic E-state index is 12.1. The Morgan fingerprint density at radius 3 is 2.46 bits per heavy atom. The van der Waals surface area contributed by atoms with Crippen LogP contribution in [0.3, 0.4) is 0 Å². The molecule has 1 aliphatic carbocycles. The van der Waals surface area contributed by atoms with Crippen molar-refractivity contribution in [2.45, 2.75) is 38.6 Å². The molecule has 2 N–H and O–H groups in total. The summed E-state index contributed by atoms with van der Waals surface area (Å²) in [4.78, 5) is 20.6. The molecule has 0 aliphatic heterocycles. The van der Waals surface area contributed by atoms with E-state index < -0.39 is 0 Å². The van der Waals surface area contributed by atoms with Crippen molar-refractivity contribution in [3.63, 3.8) is 0 Å². The summed E-state index contributed by atoms with van der Waals surface area (Å²) < 4.78 is 5.40. The van der Waals surface area contributed by atoms with Crippen molar-refractivity contribution in [3.05, 3.63) is 42.2 Å². The molecule has 1 fully saturated rings. The zero-order valence-corrected chi connectivity index (χ0v) is 13.8. The van der Waals surface area contributed by atoms with Crippen LogP contribution in [0.4, 0.5) is 11.6 Å². The minimum atomic E-state index is -0.102. The van der Waals surface area contributed by atoms with Crippen molar-refractivity contribution in [1.29, 1.82) is 0 Å². The number of hydrogen-bond donors (Lipinski definition) is 2. The van der Waals surface area contributed by atoms with E-state index in [9.17, 15) is 4.79 Å². The molecule has 0 spiro atoms. The molecule has 2 aromatic rings. The first kappa shape index (κ1) is 16.2. The van der Waals surface area contributed by atoms with Crippen LogP contribution in [-0.4, -0.2) is 28.5 Å². The number of carbonyl (C=O) groups is 1. The fourth-order valence-electron chi connectivity index (χ4n) is 2.78. The summed E-state index contributed by atoms with van der Waals surface area (Å²) in [7, 11) is 0. The lowest BCUT2D eigenvalue weighted by Gasteiger charge is -2.11. The van der Waals surface area contributed by atoms with Crippen LogP contribution in [0.25, 0.3) is 0 Å². The quantitative estimate of drug-likeness (QED) is 0.852. The Morgan fingerprint density at radius 2 is 1.83 bits per heavy atom. The van der Waals surface area contributed by atoms with Gasteiger partial charge in [-0.25, -0.2) is 9.97 Å². The summed E-state index contributed by atoms with van der Waals surface area (Å²) in [5, 5.41) is 6.13. The monoisotopic (exact) mass is 326 g/mol. The van der Waals surface area contributed by atoms with E-state index in [1.807, 2.05) is 31.2 Å². The molecular formula is C18H22N4O2. The average Bonchev–Trinajstić information content (AvgIpc) is 3.10. The minimum Gasteiger partial charge on any atom is -0.494 e. The van der Waals surface area contributed by atoms with E-state index in [-0.39, 0.29) is 5.91 Å². The fourth-order valence-corrected chi connectivity index (χ4v) is 2.78. The van der Waals surface area contributed by atoms with Gasteiger partial charge in [-0.2, -0.15) is 0 Å². The predicted octanol–water partition coefficient (Wildman–Crippen LogP) is 3.29. The third-order valence-corrected chi connectivity index (χ3v) is 4.03. The van der Waals surface area contributed by atoms with E-state index in [1.165, 1.54) is 12.8 Å². The summed E-state index contributed by atoms with van der Waals surface area (Å²) in [5.41, 5.74) is 1.35. The second-order valence-corrected chi connectivity index (χ2v) is 5.83. The molecule has 0 bridgehead atoms. The van der Waals surface area contributed by atoms with E-state index in [0.29, 0.717) is 24.2 Å². The molecule has 24 heavy (non-hydrogen) atoms. The van der Waals surface area contributed by atoms with Crippen LogP contribution in [0, 0.1) is 0 Å². The van der Waals surface area contributed by atoms with Gasteiger partial charge < -0.3 is 15.4 Å². The lowest BCUT2D eigenvalue weighted by molar-refractivity contribution is 0.0937. The maximum absolute atomic E-state index is 12.1. The number of anilines is 2. The van der Waals surface area contributed by atoms with Crippen molar-refractivity contribution >= 4 is 17.5 Å². The van der Waals surface area contributed by atoms with Crippen LogP contribution in [0.5, 0.6) is 5.75 Å². The first-order valence-electron chi connectivity index (χ1n) is 8.37. The SMILES string of the molecule is CCOc1ccc(Nc2ncc(C(=O)NC3CCCC3)cn2)cc1. The molecule has 0 saturated heterocycles. The molecule has 1 amide bonds. The largest absolute Gasteiger partial charge is 0.494 e. The third kappa shape index (κ3) is 4.22. The molecule has 1 saturated carbocycles. The standard InChI is InChI=1S/C18H22N4O2/c1-2-24-16-9-7-15(8-10-16)22-18-19-11-13(12-20-18)17(23)21-14-5-3-4-6-14/h7-12,14H,2-6H2,1H3,(H,21,23)(H,19,20,22). The van der Waals surface area contributed by atoms with E-state index in [1.54, 1.807) is 12.4 Å². The van der Waals surface area contributed by atoms with Crippen LogP contribution in [0.1, 0.15) is 43.0 Å². The van der Waals surface area contributed by atoms with Crippen LogP contribution >= 0.6 is 0 Å². The van der Waals surface area contributed by atoms with E-state index >= 15 is 0 Å². The van der Waals surface area contributed by atoms with Crippen LogP contribution in [-0.2, 0) is 0 Å². The predicted molar refractivity (Wildman–Crippen MR) is 92.6 cm³/mol. The Hall–Kier alpha value is -2.63. The molecular weight excluding hydrogens is 304 g/mol. The van der Waals surface area contributed by atoms with Gasteiger partial charge in [0.1, 0.15) is 5.75 Å². The molecule has 0 unspecified atom stereocenters. The number of ether oxygens (including phenoxy) is 1. The minimum absolute atomic E-state index is 0.102. The van der Waals surface area contributed by atoms with Gasteiger partial charge in [-0.3, -0.25) is 4.79 Å². The zero-order chi connectivity index (χ0) is 16.8. The van der Waals surface area contributed by atoms with Gasteiger partial charge in [0.25, 0.3) is 5.91 Å². The first-order valence-corrected chi connectivity index (χ1v) is 8.37. The van der Waals surface area contributed by atoms with Gasteiger partial charge in [-0.15, -0.1) is 0 Å². The molecule has 6 heteroatoms. The Labute approximate surface area is 141 Å². The number of aromatic nitrogens is 2. The summed E-state index contributed by atoms with van der Waals surface area (Å²) in [6, 6.07) is 7.86. The molecule has 1 aromatic carbocycles. The number of hydrogen-bond acceptors (Lipinski definition) is 5. The Morgan fingerprint density at radius 1 is 1.17 bits per heavy atom. The summed E-state index contributed by atoms with van der Waals surface area (Å²) in [5.74, 6) is 1.17. The number of benzene rings is 1. The van der Waals surface area contributed by atoms with Crippen molar-refractivity contribution in [2.24, 2.45) is 0 Å². The molecule has 0 radical (unpaired) electrons. The fraction of sp³-hybridized carbons (Fsp3) is 0.389. The summed E-state index contributed by atoms with van der Waals surface area (Å²) >= 11 is 0. The molecule has 1 aromatic heterocycles. The van der Waals surface area contributed by atoms with Gasteiger partial charge in [0.05, 0.1) is 12.2 Å².